The fourth-order valence-corrected chi connectivity index (χ4v) is 6.63. The van der Waals surface area contributed by atoms with E-state index in [1.807, 2.05) is 37.8 Å². The van der Waals surface area contributed by atoms with Crippen LogP contribution < -0.4 is 26.1 Å². The number of hydrogen-bond donors (Lipinski definition) is 2. The first-order chi connectivity index (χ1) is 22.1. The maximum atomic E-state index is 13.4. The molecular formula is C33H26F6N5O3+. The molecule has 2 aliphatic rings. The quantitative estimate of drug-likeness (QED) is 0.132. The smallest absolute Gasteiger partial charge is 0.363 e. The topological polar surface area (TPSA) is 89.1 Å². The third-order valence-corrected chi connectivity index (χ3v) is 8.62. The summed E-state index contributed by atoms with van der Waals surface area (Å²) in [5, 5.41) is 9.97. The fraction of sp³-hybridized carbons (Fsp3) is 0.273. The van der Waals surface area contributed by atoms with Gasteiger partial charge in [-0.25, -0.2) is 4.57 Å². The van der Waals surface area contributed by atoms with Crippen LogP contribution in [-0.2, 0) is 30.1 Å². The van der Waals surface area contributed by atoms with E-state index in [9.17, 15) is 35.9 Å². The Labute approximate surface area is 262 Å². The van der Waals surface area contributed by atoms with Crippen molar-refractivity contribution in [2.45, 2.75) is 58.3 Å². The van der Waals surface area contributed by atoms with Crippen LogP contribution in [0.3, 0.4) is 0 Å². The molecule has 14 heteroatoms. The number of hydrogen-bond acceptors (Lipinski definition) is 6. The fourth-order valence-electron chi connectivity index (χ4n) is 6.63. The zero-order valence-corrected chi connectivity index (χ0v) is 25.1. The Morgan fingerprint density at radius 2 is 1.43 bits per heavy atom. The molecule has 0 amide bonds. The highest BCUT2D eigenvalue weighted by Crippen LogP contribution is 2.40. The Hall–Kier alpha value is -4.98. The lowest BCUT2D eigenvalue weighted by Gasteiger charge is -2.24. The summed E-state index contributed by atoms with van der Waals surface area (Å²) in [6.07, 6.45) is -7.81. The highest BCUT2D eigenvalue weighted by atomic mass is 19.4. The van der Waals surface area contributed by atoms with Gasteiger partial charge in [-0.2, -0.15) is 26.3 Å². The predicted octanol–water partition coefficient (Wildman–Crippen LogP) is 6.25. The van der Waals surface area contributed by atoms with Gasteiger partial charge in [0.2, 0.25) is 6.33 Å². The second kappa shape index (κ2) is 10.5. The van der Waals surface area contributed by atoms with Crippen LogP contribution >= 0.6 is 0 Å². The summed E-state index contributed by atoms with van der Waals surface area (Å²) in [5.74, 6) is 0.713. The van der Waals surface area contributed by atoms with Gasteiger partial charge in [-0.3, -0.25) is 9.59 Å². The van der Waals surface area contributed by atoms with Gasteiger partial charge in [-0.05, 0) is 73.4 Å². The first kappa shape index (κ1) is 30.7. The van der Waals surface area contributed by atoms with Crippen molar-refractivity contribution in [1.82, 2.24) is 9.78 Å². The molecular weight excluding hydrogens is 628 g/mol. The molecule has 1 aliphatic heterocycles. The number of nitrogens with zero attached hydrogens (tertiary/aromatic N) is 3. The third kappa shape index (κ3) is 5.25. The van der Waals surface area contributed by atoms with E-state index in [1.54, 1.807) is 12.1 Å². The molecule has 47 heavy (non-hydrogen) atoms. The Kier molecular flexibility index (Phi) is 6.86. The van der Waals surface area contributed by atoms with E-state index in [0.29, 0.717) is 36.7 Å². The van der Waals surface area contributed by atoms with Crippen molar-refractivity contribution in [3.63, 3.8) is 0 Å². The number of alkyl halides is 6. The molecule has 0 spiro atoms. The molecule has 2 N–H and O–H groups in total. The molecule has 5 aromatic rings. The van der Waals surface area contributed by atoms with Crippen LogP contribution in [0.15, 0.2) is 64.4 Å². The molecule has 0 saturated heterocycles. The summed E-state index contributed by atoms with van der Waals surface area (Å²) in [7, 11) is 0. The first-order valence-electron chi connectivity index (χ1n) is 14.6. The number of aromatic nitrogens is 3. The van der Waals surface area contributed by atoms with E-state index >= 15 is 0 Å². The van der Waals surface area contributed by atoms with Crippen LogP contribution in [0.4, 0.5) is 49.1 Å². The van der Waals surface area contributed by atoms with Gasteiger partial charge in [-0.1, -0.05) is 28.4 Å². The van der Waals surface area contributed by atoms with Crippen LogP contribution in [0, 0.1) is 20.8 Å². The Morgan fingerprint density at radius 3 is 2.02 bits per heavy atom. The molecule has 1 aromatic heterocycles. The van der Waals surface area contributed by atoms with E-state index in [0.717, 1.165) is 33.5 Å². The first-order valence-corrected chi connectivity index (χ1v) is 14.6. The molecule has 8 nitrogen and oxygen atoms in total. The Balaban J connectivity index is 1.20. The second-order valence-electron chi connectivity index (χ2n) is 12.0. The van der Waals surface area contributed by atoms with Crippen molar-refractivity contribution in [1.29, 1.82) is 0 Å². The van der Waals surface area contributed by atoms with Crippen molar-refractivity contribution in [3.8, 4) is 5.69 Å². The van der Waals surface area contributed by atoms with E-state index < -0.39 is 45.7 Å². The lowest BCUT2D eigenvalue weighted by atomic mass is 10.0. The van der Waals surface area contributed by atoms with Gasteiger partial charge in [-0.15, -0.1) is 0 Å². The molecule has 7 rings (SSSR count). The molecule has 4 aromatic carbocycles. The van der Waals surface area contributed by atoms with Crippen LogP contribution in [0.5, 0.6) is 0 Å². The summed E-state index contributed by atoms with van der Waals surface area (Å²) < 4.78 is 90.3. The molecule has 0 radical (unpaired) electrons. The largest absolute Gasteiger partial charge is 0.416 e. The number of fused-ring (bicyclic) bond motifs is 5. The summed E-state index contributed by atoms with van der Waals surface area (Å²) in [6, 6.07) is 10.1. The Bertz CT molecular complexity index is 2100. The number of benzene rings is 3. The van der Waals surface area contributed by atoms with Gasteiger partial charge >= 0.3 is 18.2 Å². The summed E-state index contributed by atoms with van der Waals surface area (Å²) in [5.41, 5.74) is -0.00461. The lowest BCUT2D eigenvalue weighted by Crippen LogP contribution is -2.51. The van der Waals surface area contributed by atoms with Crippen molar-refractivity contribution >= 4 is 22.7 Å². The van der Waals surface area contributed by atoms with Gasteiger partial charge in [0.25, 0.3) is 10.9 Å². The van der Waals surface area contributed by atoms with Crippen molar-refractivity contribution < 1.29 is 35.6 Å². The lowest BCUT2D eigenvalue weighted by molar-refractivity contribution is -0.739. The minimum absolute atomic E-state index is 0.0184. The predicted molar refractivity (Wildman–Crippen MR) is 159 cm³/mol. The summed E-state index contributed by atoms with van der Waals surface area (Å²) in [4.78, 5) is 25.0. The molecule has 0 saturated carbocycles. The maximum absolute atomic E-state index is 13.4. The minimum atomic E-state index is -5.08. The molecule has 242 valence electrons. The SMILES string of the molecule is Cc1cc(C)c(-n2c[n+]3c(n2)CO[C@H]2Cc4ccc(Nc5c(Nc6cc(C(F)(F)F)cc(C(F)(F)F)c6)c(=O)c5=O)cc4C23)c(C)c1. The average molecular weight is 655 g/mol. The van der Waals surface area contributed by atoms with E-state index in [2.05, 4.69) is 27.3 Å². The van der Waals surface area contributed by atoms with Gasteiger partial charge in [0.1, 0.15) is 35.8 Å². The zero-order valence-electron chi connectivity index (χ0n) is 25.1. The molecule has 0 fully saturated rings. The Morgan fingerprint density at radius 1 is 0.830 bits per heavy atom. The van der Waals surface area contributed by atoms with E-state index in [1.165, 1.54) is 0 Å². The third-order valence-electron chi connectivity index (χ3n) is 8.62. The van der Waals surface area contributed by atoms with Crippen LogP contribution in [0.25, 0.3) is 5.69 Å². The normalized spacial score (nSPS) is 17.4. The monoisotopic (exact) mass is 654 g/mol. The van der Waals surface area contributed by atoms with Gasteiger partial charge in [0, 0.05) is 22.9 Å². The van der Waals surface area contributed by atoms with Crippen LogP contribution in [0.1, 0.15) is 50.8 Å². The molecule has 1 unspecified atom stereocenters. The number of aryl methyl sites for hydroxylation is 3. The number of anilines is 4. The minimum Gasteiger partial charge on any atom is -0.363 e. The maximum Gasteiger partial charge on any atom is 0.416 e. The summed E-state index contributed by atoms with van der Waals surface area (Å²) >= 11 is 0. The van der Waals surface area contributed by atoms with E-state index in [-0.39, 0.29) is 23.9 Å². The van der Waals surface area contributed by atoms with Crippen LogP contribution in [-0.4, -0.2) is 15.9 Å². The van der Waals surface area contributed by atoms with Gasteiger partial charge in [0.15, 0.2) is 0 Å². The standard InChI is InChI=1S/C33H25F6N5O3/c1-15-6-16(2)28(17(3)7-15)44-14-43-25(42-44)13-47-24-8-18-4-5-21(12-23(18)29(24)43)40-26-27(31(46)30(26)45)41-22-10-19(32(34,35)36)9-20(11-22)33(37,38)39/h4-7,9-12,14,24,29H,8,13H2,1-3H3,(H-,40,41,45,46)/p+1/t24-,29?/m0/s1. The van der Waals surface area contributed by atoms with Gasteiger partial charge < -0.3 is 15.4 Å². The van der Waals surface area contributed by atoms with Gasteiger partial charge in [0.05, 0.1) is 11.1 Å². The second-order valence-corrected chi connectivity index (χ2v) is 12.0. The number of ether oxygens (including phenoxy) is 1. The number of nitrogens with one attached hydrogen (secondary N) is 2. The average Bonchev–Trinajstić information content (AvgIpc) is 3.58. The zero-order chi connectivity index (χ0) is 33.6. The van der Waals surface area contributed by atoms with E-state index in [4.69, 9.17) is 9.84 Å². The van der Waals surface area contributed by atoms with Crippen LogP contribution in [0.2, 0.25) is 0 Å². The molecule has 2 heterocycles. The molecule has 2 atom stereocenters. The summed E-state index contributed by atoms with van der Waals surface area (Å²) in [6.45, 7) is 6.38. The highest BCUT2D eigenvalue weighted by molar-refractivity contribution is 5.82. The highest BCUT2D eigenvalue weighted by Gasteiger charge is 2.44. The number of rotatable bonds is 5. The van der Waals surface area contributed by atoms with Crippen molar-refractivity contribution in [2.24, 2.45) is 0 Å². The number of halogens is 6. The van der Waals surface area contributed by atoms with Crippen molar-refractivity contribution in [3.05, 3.63) is 120 Å². The molecule has 0 bridgehead atoms. The van der Waals surface area contributed by atoms with Crippen molar-refractivity contribution in [2.75, 3.05) is 10.6 Å². The molecule has 1 aliphatic carbocycles.